The first-order valence-corrected chi connectivity index (χ1v) is 19.1. The number of nitrogens with one attached hydrogen (secondary N) is 4. The molecular weight excluding hydrogens is 701 g/mol. The number of benzene rings is 2. The van der Waals surface area contributed by atoms with Gasteiger partial charge in [0.15, 0.2) is 0 Å². The Morgan fingerprint density at radius 1 is 0.818 bits per heavy atom. The molecule has 2 aliphatic heterocycles. The fourth-order valence-corrected chi connectivity index (χ4v) is 7.50. The minimum atomic E-state index is -0.682. The van der Waals surface area contributed by atoms with E-state index in [0.29, 0.717) is 13.1 Å². The second-order valence-electron chi connectivity index (χ2n) is 15.0. The number of nitrogens with zero attached hydrogens (tertiary/aromatic N) is 4. The van der Waals surface area contributed by atoms with Crippen LogP contribution < -0.4 is 10.6 Å². The molecule has 2 aromatic carbocycles. The number of aromatic amines is 2. The van der Waals surface area contributed by atoms with E-state index in [-0.39, 0.29) is 35.7 Å². The number of amides is 4. The van der Waals surface area contributed by atoms with Crippen molar-refractivity contribution in [3.05, 3.63) is 77.5 Å². The molecule has 4 amide bonds. The maximum absolute atomic E-state index is 13.5. The average molecular weight is 753 g/mol. The van der Waals surface area contributed by atoms with Crippen LogP contribution in [0.3, 0.4) is 0 Å². The van der Waals surface area contributed by atoms with E-state index in [1.165, 1.54) is 14.2 Å². The largest absolute Gasteiger partial charge is 0.453 e. The summed E-state index contributed by atoms with van der Waals surface area (Å²) < 4.78 is 9.51. The molecule has 0 bridgehead atoms. The summed E-state index contributed by atoms with van der Waals surface area (Å²) in [5.41, 5.74) is 5.79. The van der Waals surface area contributed by atoms with Gasteiger partial charge in [0, 0.05) is 13.1 Å². The number of methoxy groups -OCH3 is 2. The van der Waals surface area contributed by atoms with Crippen LogP contribution in [0.15, 0.2) is 54.7 Å². The van der Waals surface area contributed by atoms with Crippen molar-refractivity contribution in [3.63, 3.8) is 0 Å². The van der Waals surface area contributed by atoms with Crippen molar-refractivity contribution in [2.45, 2.75) is 84.0 Å². The Labute approximate surface area is 321 Å². The van der Waals surface area contributed by atoms with Gasteiger partial charge in [-0.2, -0.15) is 0 Å². The number of rotatable bonds is 12. The van der Waals surface area contributed by atoms with Gasteiger partial charge in [-0.05, 0) is 72.8 Å². The lowest BCUT2D eigenvalue weighted by Gasteiger charge is -2.30. The quantitative estimate of drug-likeness (QED) is 0.131. The fraction of sp³-hybridized carbons (Fsp3) is 0.463. The number of carbonyl (C=O) groups excluding carboxylic acids is 4. The Morgan fingerprint density at radius 2 is 1.40 bits per heavy atom. The Morgan fingerprint density at radius 3 is 1.96 bits per heavy atom. The molecule has 4 N–H and O–H groups in total. The van der Waals surface area contributed by atoms with Gasteiger partial charge in [-0.3, -0.25) is 9.59 Å². The van der Waals surface area contributed by atoms with Crippen LogP contribution in [0, 0.1) is 11.8 Å². The molecule has 2 aromatic heterocycles. The number of hydrogen-bond donors (Lipinski definition) is 4. The van der Waals surface area contributed by atoms with E-state index in [4.69, 9.17) is 14.5 Å². The molecule has 14 heteroatoms. The van der Waals surface area contributed by atoms with Crippen LogP contribution >= 0.6 is 0 Å². The highest BCUT2D eigenvalue weighted by Gasteiger charge is 2.39. The third-order valence-electron chi connectivity index (χ3n) is 10.5. The number of ether oxygens (including phenoxy) is 2. The van der Waals surface area contributed by atoms with Crippen LogP contribution in [0.1, 0.15) is 88.2 Å². The lowest BCUT2D eigenvalue weighted by atomic mass is 10.0. The number of allylic oxidation sites excluding steroid dienone is 1. The number of alkyl carbamates (subject to hydrolysis) is 2. The van der Waals surface area contributed by atoms with Gasteiger partial charge >= 0.3 is 12.2 Å². The molecule has 0 saturated carbocycles. The summed E-state index contributed by atoms with van der Waals surface area (Å²) in [5, 5.41) is 5.39. The maximum atomic E-state index is 13.5. The zero-order valence-electron chi connectivity index (χ0n) is 32.4. The highest BCUT2D eigenvalue weighted by molar-refractivity contribution is 5.87. The molecule has 0 spiro atoms. The van der Waals surface area contributed by atoms with Crippen LogP contribution in [-0.2, 0) is 25.5 Å². The standard InChI is InChI=1S/C41H52N8O6/c1-24(2)34(46-40(52)54-5)38(50)48-20-8-12-32(48)36-42-23-31(45-36)28-17-14-26(15-18-28)10-7-11-27-16-19-29-30(22-27)44-37(43-29)33-13-9-21-49(33)39(51)35(25(3)4)47-41(53)55-6/h7,10,14-19,22-25,32-35H,8-9,11-13,20-21H2,1-6H3,(H,42,45)(H,43,44)(H,46,52)(H,47,53)/t32-,33-,34-,35-/m0/s1. The van der Waals surface area contributed by atoms with Crippen molar-refractivity contribution in [2.24, 2.45) is 11.8 Å². The number of imidazole rings is 2. The molecule has 0 aliphatic carbocycles. The normalized spacial score (nSPS) is 18.3. The topological polar surface area (TPSA) is 175 Å². The molecule has 2 saturated heterocycles. The van der Waals surface area contributed by atoms with E-state index in [0.717, 1.165) is 77.2 Å². The van der Waals surface area contributed by atoms with Crippen molar-refractivity contribution >= 4 is 41.1 Å². The van der Waals surface area contributed by atoms with E-state index in [9.17, 15) is 19.2 Å². The Kier molecular flexibility index (Phi) is 12.2. The van der Waals surface area contributed by atoms with Gasteiger partial charge in [-0.15, -0.1) is 0 Å². The van der Waals surface area contributed by atoms with Gasteiger partial charge in [-0.1, -0.05) is 70.2 Å². The van der Waals surface area contributed by atoms with Crippen molar-refractivity contribution in [2.75, 3.05) is 27.3 Å². The number of fused-ring (bicyclic) bond motifs is 1. The summed E-state index contributed by atoms with van der Waals surface area (Å²) in [6.45, 7) is 8.81. The van der Waals surface area contributed by atoms with Crippen LogP contribution in [-0.4, -0.2) is 93.1 Å². The van der Waals surface area contributed by atoms with Crippen LogP contribution in [0.2, 0.25) is 0 Å². The lowest BCUT2D eigenvalue weighted by Crippen LogP contribution is -2.51. The van der Waals surface area contributed by atoms with Gasteiger partial charge in [0.1, 0.15) is 23.7 Å². The van der Waals surface area contributed by atoms with E-state index in [1.54, 1.807) is 6.20 Å². The zero-order valence-corrected chi connectivity index (χ0v) is 32.4. The van der Waals surface area contributed by atoms with Crippen LogP contribution in [0.25, 0.3) is 28.4 Å². The van der Waals surface area contributed by atoms with Crippen molar-refractivity contribution in [3.8, 4) is 11.3 Å². The number of carbonyl (C=O) groups is 4. The van der Waals surface area contributed by atoms with Crippen molar-refractivity contribution in [1.29, 1.82) is 0 Å². The zero-order chi connectivity index (χ0) is 39.2. The molecule has 4 atom stereocenters. The van der Waals surface area contributed by atoms with Gasteiger partial charge in [0.25, 0.3) is 0 Å². The van der Waals surface area contributed by atoms with E-state index < -0.39 is 24.3 Å². The molecule has 0 radical (unpaired) electrons. The summed E-state index contributed by atoms with van der Waals surface area (Å²) in [6.07, 6.45) is 8.79. The fourth-order valence-electron chi connectivity index (χ4n) is 7.50. The van der Waals surface area contributed by atoms with E-state index in [1.807, 2.05) is 55.7 Å². The van der Waals surface area contributed by atoms with E-state index in [2.05, 4.69) is 62.0 Å². The lowest BCUT2D eigenvalue weighted by molar-refractivity contribution is -0.136. The van der Waals surface area contributed by atoms with Gasteiger partial charge in [0.05, 0.1) is 49.2 Å². The summed E-state index contributed by atoms with van der Waals surface area (Å²) >= 11 is 0. The van der Waals surface area contributed by atoms with Crippen molar-refractivity contribution < 1.29 is 28.7 Å². The smallest absolute Gasteiger partial charge is 0.407 e. The second kappa shape index (κ2) is 17.2. The monoisotopic (exact) mass is 752 g/mol. The summed E-state index contributed by atoms with van der Waals surface area (Å²) in [7, 11) is 2.58. The van der Waals surface area contributed by atoms with Crippen molar-refractivity contribution in [1.82, 2.24) is 40.4 Å². The molecular formula is C41H52N8O6. The SMILES string of the molecule is COC(=O)N[C@H](C(=O)N1CCC[C@H]1c1ncc(-c2ccc(C=CCc3ccc4[nH]c([C@@H]5CCCN5C(=O)[C@@H](NC(=O)OC)C(C)C)nc4c3)cc2)[nH]1)C(C)C. The van der Waals surface area contributed by atoms with Crippen LogP contribution in [0.4, 0.5) is 9.59 Å². The highest BCUT2D eigenvalue weighted by atomic mass is 16.5. The molecule has 55 heavy (non-hydrogen) atoms. The molecule has 14 nitrogen and oxygen atoms in total. The predicted molar refractivity (Wildman–Crippen MR) is 209 cm³/mol. The third kappa shape index (κ3) is 8.84. The molecule has 2 fully saturated rings. The molecule has 292 valence electrons. The summed E-state index contributed by atoms with van der Waals surface area (Å²) in [4.78, 5) is 71.0. The van der Waals surface area contributed by atoms with Crippen LogP contribution in [0.5, 0.6) is 0 Å². The molecule has 2 aliphatic rings. The average Bonchev–Trinajstić information content (AvgIpc) is 4.01. The Balaban J connectivity index is 1.07. The minimum absolute atomic E-state index is 0.0989. The van der Waals surface area contributed by atoms with Gasteiger partial charge in [0.2, 0.25) is 11.8 Å². The van der Waals surface area contributed by atoms with Gasteiger partial charge < -0.3 is 39.9 Å². The number of hydrogen-bond acceptors (Lipinski definition) is 8. The minimum Gasteiger partial charge on any atom is -0.453 e. The highest BCUT2D eigenvalue weighted by Crippen LogP contribution is 2.34. The first kappa shape index (κ1) is 39.0. The first-order chi connectivity index (χ1) is 26.5. The van der Waals surface area contributed by atoms with E-state index >= 15 is 0 Å². The second-order valence-corrected chi connectivity index (χ2v) is 15.0. The molecule has 6 rings (SSSR count). The Bertz CT molecular complexity index is 2020. The van der Waals surface area contributed by atoms with Gasteiger partial charge in [-0.25, -0.2) is 19.6 Å². The molecule has 0 unspecified atom stereocenters. The number of aromatic nitrogens is 4. The number of likely N-dealkylation sites (tertiary alicyclic amines) is 2. The predicted octanol–water partition coefficient (Wildman–Crippen LogP) is 6.30. The first-order valence-electron chi connectivity index (χ1n) is 19.1. The molecule has 4 heterocycles. The third-order valence-corrected chi connectivity index (χ3v) is 10.5. The number of H-pyrrole nitrogens is 2. The molecule has 4 aromatic rings. The summed E-state index contributed by atoms with van der Waals surface area (Å²) in [6, 6.07) is 12.7. The Hall–Kier alpha value is -5.66. The summed E-state index contributed by atoms with van der Waals surface area (Å²) in [5.74, 6) is 1.01. The maximum Gasteiger partial charge on any atom is 0.407 e.